The molecule has 2 aromatic carbocycles. The molecule has 0 radical (unpaired) electrons. The number of amides is 1. The van der Waals surface area contributed by atoms with Crippen molar-refractivity contribution in [2.45, 2.75) is 26.4 Å². The van der Waals surface area contributed by atoms with Crippen molar-refractivity contribution in [1.82, 2.24) is 10.2 Å². The van der Waals surface area contributed by atoms with Crippen molar-refractivity contribution in [3.05, 3.63) is 69.7 Å². The zero-order valence-electron chi connectivity index (χ0n) is 17.9. The molecular formula is C22H22N4O5S2. The maximum atomic E-state index is 12.4. The average molecular weight is 487 g/mol. The van der Waals surface area contributed by atoms with Gasteiger partial charge in [0.2, 0.25) is 15.0 Å². The number of carbonyl (C=O) groups excluding carboxylic acids is 2. The Morgan fingerprint density at radius 2 is 1.82 bits per heavy atom. The molecule has 1 N–H and O–H groups in total. The number of carbonyl (C=O) groups is 2. The molecule has 33 heavy (non-hydrogen) atoms. The van der Waals surface area contributed by atoms with Gasteiger partial charge < -0.3 is 10.1 Å². The van der Waals surface area contributed by atoms with E-state index in [9.17, 15) is 18.0 Å². The zero-order chi connectivity index (χ0) is 23.4. The molecule has 11 heteroatoms. The van der Waals surface area contributed by atoms with Crippen LogP contribution in [0.1, 0.15) is 44.1 Å². The highest BCUT2D eigenvalue weighted by Gasteiger charge is 2.28. The Hall–Kier alpha value is -3.31. The molecule has 1 amide bonds. The van der Waals surface area contributed by atoms with E-state index >= 15 is 0 Å². The normalized spacial score (nSPS) is 14.8. The molecule has 1 aliphatic rings. The number of hydrogen-bond acceptors (Lipinski definition) is 8. The van der Waals surface area contributed by atoms with E-state index in [4.69, 9.17) is 4.74 Å². The fourth-order valence-corrected chi connectivity index (χ4v) is 5.53. The molecule has 0 atom stereocenters. The quantitative estimate of drug-likeness (QED) is 0.509. The van der Waals surface area contributed by atoms with Crippen LogP contribution in [0.4, 0.5) is 11.4 Å². The first-order chi connectivity index (χ1) is 15.9. The Kier molecular flexibility index (Phi) is 6.70. The Balaban J connectivity index is 1.32. The van der Waals surface area contributed by atoms with Crippen LogP contribution in [0.2, 0.25) is 0 Å². The standard InChI is InChI=1S/C22H22N4O5S2/c1-2-15-4-8-17(9-5-15)23-20(27)21-25-24-19(32-21)14-31-22(28)16-6-10-18(11-7-16)26-12-3-13-33(26,29)30/h4-11H,2-3,12-14H2,1H3,(H,23,27). The van der Waals surface area contributed by atoms with Gasteiger partial charge in [0.25, 0.3) is 5.91 Å². The lowest BCUT2D eigenvalue weighted by atomic mass is 10.1. The van der Waals surface area contributed by atoms with Crippen LogP contribution in [-0.4, -0.2) is 42.8 Å². The number of hydrogen-bond donors (Lipinski definition) is 1. The average Bonchev–Trinajstić information content (AvgIpc) is 3.44. The number of anilines is 2. The molecule has 1 saturated heterocycles. The monoisotopic (exact) mass is 486 g/mol. The van der Waals surface area contributed by atoms with Gasteiger partial charge >= 0.3 is 5.97 Å². The van der Waals surface area contributed by atoms with Crippen molar-refractivity contribution in [2.75, 3.05) is 21.9 Å². The maximum Gasteiger partial charge on any atom is 0.338 e. The predicted octanol–water partition coefficient (Wildman–Crippen LogP) is 3.25. The van der Waals surface area contributed by atoms with Crippen molar-refractivity contribution in [2.24, 2.45) is 0 Å². The molecule has 0 aliphatic carbocycles. The highest BCUT2D eigenvalue weighted by Crippen LogP contribution is 2.24. The summed E-state index contributed by atoms with van der Waals surface area (Å²) in [7, 11) is -3.28. The third-order valence-corrected chi connectivity index (χ3v) is 7.86. The molecule has 0 unspecified atom stereocenters. The minimum Gasteiger partial charge on any atom is -0.455 e. The van der Waals surface area contributed by atoms with Gasteiger partial charge in [0.05, 0.1) is 17.0 Å². The third-order valence-electron chi connectivity index (χ3n) is 5.10. The molecular weight excluding hydrogens is 464 g/mol. The van der Waals surface area contributed by atoms with Crippen molar-refractivity contribution < 1.29 is 22.7 Å². The molecule has 0 saturated carbocycles. The number of benzene rings is 2. The summed E-state index contributed by atoms with van der Waals surface area (Å²) in [6, 6.07) is 13.7. The van der Waals surface area contributed by atoms with Crippen LogP contribution in [0, 0.1) is 0 Å². The lowest BCUT2D eigenvalue weighted by Crippen LogP contribution is -2.25. The fraction of sp³-hybridized carbons (Fsp3) is 0.273. The van der Waals surface area contributed by atoms with E-state index < -0.39 is 16.0 Å². The van der Waals surface area contributed by atoms with Gasteiger partial charge in [-0.3, -0.25) is 9.10 Å². The Bertz CT molecular complexity index is 1250. The number of aryl methyl sites for hydroxylation is 1. The Labute approximate surface area is 195 Å². The van der Waals surface area contributed by atoms with E-state index in [1.807, 2.05) is 24.3 Å². The van der Waals surface area contributed by atoms with E-state index in [0.29, 0.717) is 29.3 Å². The number of esters is 1. The van der Waals surface area contributed by atoms with Crippen molar-refractivity contribution in [1.29, 1.82) is 0 Å². The summed E-state index contributed by atoms with van der Waals surface area (Å²) in [5.74, 6) is -0.839. The van der Waals surface area contributed by atoms with E-state index in [-0.39, 0.29) is 28.8 Å². The van der Waals surface area contributed by atoms with Crippen LogP contribution >= 0.6 is 11.3 Å². The lowest BCUT2D eigenvalue weighted by Gasteiger charge is -2.16. The molecule has 172 valence electrons. The summed E-state index contributed by atoms with van der Waals surface area (Å²) < 4.78 is 30.6. The van der Waals surface area contributed by atoms with Gasteiger partial charge in [-0.1, -0.05) is 30.4 Å². The van der Waals surface area contributed by atoms with Gasteiger partial charge in [-0.15, -0.1) is 10.2 Å². The molecule has 2 heterocycles. The van der Waals surface area contributed by atoms with Gasteiger partial charge in [-0.2, -0.15) is 0 Å². The van der Waals surface area contributed by atoms with Gasteiger partial charge in [0.15, 0.2) is 5.01 Å². The number of ether oxygens (including phenoxy) is 1. The number of nitrogens with zero attached hydrogens (tertiary/aromatic N) is 3. The third kappa shape index (κ3) is 5.37. The lowest BCUT2D eigenvalue weighted by molar-refractivity contribution is 0.0471. The van der Waals surface area contributed by atoms with Crippen molar-refractivity contribution >= 4 is 44.6 Å². The predicted molar refractivity (Wildman–Crippen MR) is 125 cm³/mol. The topological polar surface area (TPSA) is 119 Å². The van der Waals surface area contributed by atoms with E-state index in [0.717, 1.165) is 17.8 Å². The second-order valence-electron chi connectivity index (χ2n) is 7.37. The first kappa shape index (κ1) is 22.9. The van der Waals surface area contributed by atoms with Crippen LogP contribution < -0.4 is 9.62 Å². The molecule has 1 fully saturated rings. The molecule has 1 aliphatic heterocycles. The number of sulfonamides is 1. The summed E-state index contributed by atoms with van der Waals surface area (Å²) in [6.07, 6.45) is 1.50. The van der Waals surface area contributed by atoms with Crippen LogP contribution in [0.3, 0.4) is 0 Å². The Morgan fingerprint density at radius 3 is 2.45 bits per heavy atom. The molecule has 4 rings (SSSR count). The number of nitrogens with one attached hydrogen (secondary N) is 1. The summed E-state index contributed by atoms with van der Waals surface area (Å²) in [5, 5.41) is 11.1. The minimum atomic E-state index is -3.28. The SMILES string of the molecule is CCc1ccc(NC(=O)c2nnc(COC(=O)c3ccc(N4CCCS4(=O)=O)cc3)s2)cc1. The second-order valence-corrected chi connectivity index (χ2v) is 10.4. The van der Waals surface area contributed by atoms with Crippen LogP contribution in [0.25, 0.3) is 0 Å². The number of rotatable bonds is 7. The second kappa shape index (κ2) is 9.67. The summed E-state index contributed by atoms with van der Waals surface area (Å²) in [5.41, 5.74) is 2.64. The highest BCUT2D eigenvalue weighted by molar-refractivity contribution is 7.93. The van der Waals surface area contributed by atoms with Crippen LogP contribution in [-0.2, 0) is 27.8 Å². The first-order valence-corrected chi connectivity index (χ1v) is 12.8. The van der Waals surface area contributed by atoms with E-state index in [2.05, 4.69) is 22.4 Å². The molecule has 0 bridgehead atoms. The molecule has 1 aromatic heterocycles. The summed E-state index contributed by atoms with van der Waals surface area (Å²) >= 11 is 1.04. The minimum absolute atomic E-state index is 0.128. The van der Waals surface area contributed by atoms with Gasteiger partial charge in [0, 0.05) is 12.2 Å². The zero-order valence-corrected chi connectivity index (χ0v) is 19.5. The molecule has 9 nitrogen and oxygen atoms in total. The van der Waals surface area contributed by atoms with Crippen molar-refractivity contribution in [3.63, 3.8) is 0 Å². The highest BCUT2D eigenvalue weighted by atomic mass is 32.2. The largest absolute Gasteiger partial charge is 0.455 e. The maximum absolute atomic E-state index is 12.4. The van der Waals surface area contributed by atoms with Crippen LogP contribution in [0.5, 0.6) is 0 Å². The van der Waals surface area contributed by atoms with Gasteiger partial charge in [-0.25, -0.2) is 13.2 Å². The summed E-state index contributed by atoms with van der Waals surface area (Å²) in [4.78, 5) is 24.7. The van der Waals surface area contributed by atoms with E-state index in [1.54, 1.807) is 12.1 Å². The Morgan fingerprint density at radius 1 is 1.09 bits per heavy atom. The smallest absolute Gasteiger partial charge is 0.338 e. The first-order valence-electron chi connectivity index (χ1n) is 10.4. The van der Waals surface area contributed by atoms with Gasteiger partial charge in [-0.05, 0) is 54.8 Å². The van der Waals surface area contributed by atoms with Crippen molar-refractivity contribution in [3.8, 4) is 0 Å². The number of aromatic nitrogens is 2. The van der Waals surface area contributed by atoms with Crippen LogP contribution in [0.15, 0.2) is 48.5 Å². The molecule has 0 spiro atoms. The molecule has 3 aromatic rings. The van der Waals surface area contributed by atoms with E-state index in [1.165, 1.54) is 22.0 Å². The summed E-state index contributed by atoms with van der Waals surface area (Å²) in [6.45, 7) is 2.36. The fourth-order valence-electron chi connectivity index (χ4n) is 3.32. The van der Waals surface area contributed by atoms with Gasteiger partial charge in [0.1, 0.15) is 6.61 Å².